The Hall–Kier alpha value is -1.16. The van der Waals surface area contributed by atoms with Crippen LogP contribution in [0.1, 0.15) is 31.9 Å². The second kappa shape index (κ2) is 6.43. The highest BCUT2D eigenvalue weighted by molar-refractivity contribution is 4.95. The molecule has 1 N–H and O–H groups in total. The SMILES string of the molecule is CNC(C)CCCCn1cnc(C)cc1=O. The molecule has 0 aliphatic carbocycles. The van der Waals surface area contributed by atoms with Crippen LogP contribution < -0.4 is 10.9 Å². The Bertz CT molecular complexity index is 373. The van der Waals surface area contributed by atoms with Gasteiger partial charge in [0, 0.05) is 24.3 Å². The number of aryl methyl sites for hydroxylation is 2. The number of aromatic nitrogens is 2. The Kier molecular flexibility index (Phi) is 5.19. The van der Waals surface area contributed by atoms with E-state index < -0.39 is 0 Å². The van der Waals surface area contributed by atoms with Crippen molar-refractivity contribution in [3.8, 4) is 0 Å². The van der Waals surface area contributed by atoms with Gasteiger partial charge in [0.25, 0.3) is 5.56 Å². The van der Waals surface area contributed by atoms with E-state index >= 15 is 0 Å². The van der Waals surface area contributed by atoms with Gasteiger partial charge in [0.15, 0.2) is 0 Å². The van der Waals surface area contributed by atoms with Gasteiger partial charge in [0.1, 0.15) is 0 Å². The molecule has 0 amide bonds. The van der Waals surface area contributed by atoms with Gasteiger partial charge >= 0.3 is 0 Å². The molecule has 1 rings (SSSR count). The number of rotatable bonds is 6. The molecule has 0 fully saturated rings. The van der Waals surface area contributed by atoms with E-state index in [1.165, 1.54) is 0 Å². The van der Waals surface area contributed by atoms with Crippen LogP contribution >= 0.6 is 0 Å². The van der Waals surface area contributed by atoms with Crippen LogP contribution in [0.4, 0.5) is 0 Å². The maximum atomic E-state index is 11.5. The molecule has 90 valence electrons. The summed E-state index contributed by atoms with van der Waals surface area (Å²) >= 11 is 0. The first-order chi connectivity index (χ1) is 7.63. The van der Waals surface area contributed by atoms with Crippen LogP contribution in [0.2, 0.25) is 0 Å². The standard InChI is InChI=1S/C12H21N3O/c1-10(13-3)6-4-5-7-15-9-14-11(2)8-12(15)16/h8-10,13H,4-7H2,1-3H3. The molecule has 0 aliphatic heterocycles. The molecule has 4 nitrogen and oxygen atoms in total. The highest BCUT2D eigenvalue weighted by Crippen LogP contribution is 2.01. The number of hydrogen-bond acceptors (Lipinski definition) is 3. The predicted octanol–water partition coefficient (Wildman–Crippen LogP) is 1.33. The van der Waals surface area contributed by atoms with Gasteiger partial charge in [-0.2, -0.15) is 0 Å². The fraction of sp³-hybridized carbons (Fsp3) is 0.667. The van der Waals surface area contributed by atoms with Gasteiger partial charge in [-0.25, -0.2) is 4.98 Å². The van der Waals surface area contributed by atoms with E-state index in [-0.39, 0.29) is 5.56 Å². The maximum absolute atomic E-state index is 11.5. The number of unbranched alkanes of at least 4 members (excludes halogenated alkanes) is 1. The molecular formula is C12H21N3O. The van der Waals surface area contributed by atoms with Gasteiger partial charge in [0.05, 0.1) is 6.33 Å². The largest absolute Gasteiger partial charge is 0.317 e. The van der Waals surface area contributed by atoms with Crippen LogP contribution in [0, 0.1) is 6.92 Å². The molecule has 1 aromatic heterocycles. The van der Waals surface area contributed by atoms with E-state index in [2.05, 4.69) is 17.2 Å². The number of nitrogens with one attached hydrogen (secondary N) is 1. The van der Waals surface area contributed by atoms with Crippen molar-refractivity contribution in [1.82, 2.24) is 14.9 Å². The van der Waals surface area contributed by atoms with Crippen LogP contribution in [-0.4, -0.2) is 22.6 Å². The summed E-state index contributed by atoms with van der Waals surface area (Å²) in [6.07, 6.45) is 4.93. The summed E-state index contributed by atoms with van der Waals surface area (Å²) in [5.74, 6) is 0. The first-order valence-corrected chi connectivity index (χ1v) is 5.84. The molecule has 1 heterocycles. The summed E-state index contributed by atoms with van der Waals surface area (Å²) in [4.78, 5) is 15.7. The highest BCUT2D eigenvalue weighted by atomic mass is 16.1. The smallest absolute Gasteiger partial charge is 0.253 e. The van der Waals surface area contributed by atoms with Gasteiger partial charge in [-0.05, 0) is 33.7 Å². The number of hydrogen-bond donors (Lipinski definition) is 1. The monoisotopic (exact) mass is 223 g/mol. The second-order valence-electron chi connectivity index (χ2n) is 4.25. The van der Waals surface area contributed by atoms with Crippen molar-refractivity contribution < 1.29 is 0 Å². The fourth-order valence-corrected chi connectivity index (χ4v) is 1.56. The predicted molar refractivity (Wildman–Crippen MR) is 65.6 cm³/mol. The molecule has 0 aromatic carbocycles. The van der Waals surface area contributed by atoms with E-state index in [9.17, 15) is 4.79 Å². The highest BCUT2D eigenvalue weighted by Gasteiger charge is 1.99. The van der Waals surface area contributed by atoms with E-state index in [0.29, 0.717) is 6.04 Å². The van der Waals surface area contributed by atoms with E-state index in [0.717, 1.165) is 31.5 Å². The van der Waals surface area contributed by atoms with Gasteiger partial charge in [0.2, 0.25) is 0 Å². The van der Waals surface area contributed by atoms with Crippen molar-refractivity contribution in [2.75, 3.05) is 7.05 Å². The third kappa shape index (κ3) is 4.14. The molecule has 0 aliphatic rings. The zero-order chi connectivity index (χ0) is 12.0. The van der Waals surface area contributed by atoms with Crippen molar-refractivity contribution in [3.05, 3.63) is 28.4 Å². The Labute approximate surface area is 96.7 Å². The summed E-state index contributed by atoms with van der Waals surface area (Å²) in [7, 11) is 1.97. The summed E-state index contributed by atoms with van der Waals surface area (Å²) in [5, 5.41) is 3.20. The maximum Gasteiger partial charge on any atom is 0.253 e. The molecule has 1 atom stereocenters. The third-order valence-electron chi connectivity index (χ3n) is 2.80. The number of nitrogens with zero attached hydrogens (tertiary/aromatic N) is 2. The minimum absolute atomic E-state index is 0.0502. The Morgan fingerprint density at radius 1 is 1.50 bits per heavy atom. The third-order valence-corrected chi connectivity index (χ3v) is 2.80. The van der Waals surface area contributed by atoms with Gasteiger partial charge in [-0.1, -0.05) is 6.42 Å². The molecule has 0 saturated carbocycles. The molecular weight excluding hydrogens is 202 g/mol. The first-order valence-electron chi connectivity index (χ1n) is 5.84. The lowest BCUT2D eigenvalue weighted by Gasteiger charge is -2.09. The fourth-order valence-electron chi connectivity index (χ4n) is 1.56. The zero-order valence-corrected chi connectivity index (χ0v) is 10.4. The summed E-state index contributed by atoms with van der Waals surface area (Å²) in [6, 6.07) is 2.13. The quantitative estimate of drug-likeness (QED) is 0.740. The minimum Gasteiger partial charge on any atom is -0.317 e. The normalized spacial score (nSPS) is 12.7. The van der Waals surface area contributed by atoms with Crippen LogP contribution in [0.5, 0.6) is 0 Å². The lowest BCUT2D eigenvalue weighted by Crippen LogP contribution is -2.22. The Balaban J connectivity index is 2.35. The average molecular weight is 223 g/mol. The van der Waals surface area contributed by atoms with Crippen LogP contribution in [0.3, 0.4) is 0 Å². The van der Waals surface area contributed by atoms with Crippen molar-refractivity contribution >= 4 is 0 Å². The van der Waals surface area contributed by atoms with Gasteiger partial charge in [-0.3, -0.25) is 9.36 Å². The zero-order valence-electron chi connectivity index (χ0n) is 10.4. The average Bonchev–Trinajstić information content (AvgIpc) is 2.26. The molecule has 1 unspecified atom stereocenters. The molecule has 0 bridgehead atoms. The lowest BCUT2D eigenvalue weighted by atomic mass is 10.1. The van der Waals surface area contributed by atoms with Gasteiger partial charge in [-0.15, -0.1) is 0 Å². The van der Waals surface area contributed by atoms with Crippen molar-refractivity contribution in [1.29, 1.82) is 0 Å². The Morgan fingerprint density at radius 2 is 2.25 bits per heavy atom. The van der Waals surface area contributed by atoms with Crippen LogP contribution in [0.15, 0.2) is 17.2 Å². The van der Waals surface area contributed by atoms with E-state index in [1.807, 2.05) is 14.0 Å². The minimum atomic E-state index is 0.0502. The van der Waals surface area contributed by atoms with Crippen LogP contribution in [-0.2, 0) is 6.54 Å². The molecule has 16 heavy (non-hydrogen) atoms. The summed E-state index contributed by atoms with van der Waals surface area (Å²) < 4.78 is 1.68. The topological polar surface area (TPSA) is 46.9 Å². The van der Waals surface area contributed by atoms with Crippen molar-refractivity contribution in [3.63, 3.8) is 0 Å². The molecule has 0 radical (unpaired) electrons. The molecule has 0 spiro atoms. The van der Waals surface area contributed by atoms with Crippen LogP contribution in [0.25, 0.3) is 0 Å². The van der Waals surface area contributed by atoms with Crippen molar-refractivity contribution in [2.45, 2.75) is 45.7 Å². The molecule has 0 saturated heterocycles. The second-order valence-corrected chi connectivity index (χ2v) is 4.25. The first kappa shape index (κ1) is 12.9. The molecule has 4 heteroatoms. The van der Waals surface area contributed by atoms with E-state index in [4.69, 9.17) is 0 Å². The molecule has 1 aromatic rings. The summed E-state index contributed by atoms with van der Waals surface area (Å²) in [6.45, 7) is 4.77. The lowest BCUT2D eigenvalue weighted by molar-refractivity contribution is 0.499. The Morgan fingerprint density at radius 3 is 2.88 bits per heavy atom. The van der Waals surface area contributed by atoms with Crippen molar-refractivity contribution in [2.24, 2.45) is 0 Å². The van der Waals surface area contributed by atoms with E-state index in [1.54, 1.807) is 17.0 Å². The van der Waals surface area contributed by atoms with Gasteiger partial charge < -0.3 is 5.32 Å². The summed E-state index contributed by atoms with van der Waals surface area (Å²) in [5.41, 5.74) is 0.833.